The molecule has 0 radical (unpaired) electrons. The molecule has 2 aromatic heterocycles. The number of carbonyl (C=O) groups excluding carboxylic acids is 1. The quantitative estimate of drug-likeness (QED) is 0.351. The molecule has 0 amide bonds. The molecule has 26 heavy (non-hydrogen) atoms. The minimum absolute atomic E-state index is 0.0353. The first kappa shape index (κ1) is 18.6. The molecule has 1 aromatic carbocycles. The van der Waals surface area contributed by atoms with Gasteiger partial charge in [-0.05, 0) is 19.1 Å². The third-order valence-corrected chi connectivity index (χ3v) is 4.82. The third kappa shape index (κ3) is 3.67. The minimum atomic E-state index is -4.67. The van der Waals surface area contributed by atoms with E-state index in [1.165, 1.54) is 19.2 Å². The van der Waals surface area contributed by atoms with Crippen LogP contribution in [0.1, 0.15) is 26.8 Å². The normalized spacial score (nSPS) is 12.2. The van der Waals surface area contributed by atoms with E-state index < -0.39 is 18.0 Å². The van der Waals surface area contributed by atoms with E-state index in [1.807, 2.05) is 0 Å². The second-order valence-corrected chi connectivity index (χ2v) is 6.74. The fraction of sp³-hybridized carbons (Fsp3) is 0.143. The predicted molar refractivity (Wildman–Crippen MR) is 90.1 cm³/mol. The molecule has 0 spiro atoms. The van der Waals surface area contributed by atoms with E-state index in [9.17, 15) is 18.0 Å². The molecule has 3 aromatic rings. The van der Waals surface area contributed by atoms with Gasteiger partial charge in [0.2, 0.25) is 4.96 Å². The third-order valence-electron chi connectivity index (χ3n) is 3.15. The zero-order valence-corrected chi connectivity index (χ0v) is 15.0. The number of halogens is 5. The number of hydrogen-bond acceptors (Lipinski definition) is 6. The van der Waals surface area contributed by atoms with Crippen LogP contribution in [0.3, 0.4) is 0 Å². The first-order chi connectivity index (χ1) is 12.2. The van der Waals surface area contributed by atoms with Crippen molar-refractivity contribution in [3.8, 4) is 0 Å². The van der Waals surface area contributed by atoms with Gasteiger partial charge in [0, 0.05) is 10.6 Å². The summed E-state index contributed by atoms with van der Waals surface area (Å²) in [4.78, 5) is 20.1. The van der Waals surface area contributed by atoms with Gasteiger partial charge < -0.3 is 4.84 Å². The Balaban J connectivity index is 1.78. The van der Waals surface area contributed by atoms with Crippen LogP contribution in [0.2, 0.25) is 10.0 Å². The Morgan fingerprint density at radius 3 is 2.73 bits per heavy atom. The van der Waals surface area contributed by atoms with E-state index in [0.717, 1.165) is 15.9 Å². The molecule has 0 atom stereocenters. The summed E-state index contributed by atoms with van der Waals surface area (Å²) in [5, 5.41) is 7.63. The minimum Gasteiger partial charge on any atom is -0.312 e. The second-order valence-electron chi connectivity index (χ2n) is 4.92. The van der Waals surface area contributed by atoms with Gasteiger partial charge >= 0.3 is 12.1 Å². The zero-order chi connectivity index (χ0) is 19.1. The summed E-state index contributed by atoms with van der Waals surface area (Å²) in [5.41, 5.74) is 0.635. The van der Waals surface area contributed by atoms with Crippen LogP contribution < -0.4 is 0 Å². The Bertz CT molecular complexity index is 1030. The Morgan fingerprint density at radius 1 is 1.38 bits per heavy atom. The molecule has 0 aliphatic carbocycles. The number of aromatic nitrogens is 3. The van der Waals surface area contributed by atoms with Gasteiger partial charge in [-0.25, -0.2) is 9.31 Å². The fourth-order valence-electron chi connectivity index (χ4n) is 1.93. The maximum Gasteiger partial charge on any atom is 0.453 e. The first-order valence-electron chi connectivity index (χ1n) is 6.80. The van der Waals surface area contributed by atoms with Crippen LogP contribution in [0.5, 0.6) is 0 Å². The van der Waals surface area contributed by atoms with Crippen LogP contribution in [0.25, 0.3) is 4.96 Å². The van der Waals surface area contributed by atoms with Crippen molar-refractivity contribution in [2.75, 3.05) is 0 Å². The number of alkyl halides is 3. The molecule has 0 aliphatic heterocycles. The highest BCUT2D eigenvalue weighted by atomic mass is 35.5. The summed E-state index contributed by atoms with van der Waals surface area (Å²) in [6.07, 6.45) is -3.45. The Morgan fingerprint density at radius 2 is 2.12 bits per heavy atom. The van der Waals surface area contributed by atoms with Crippen LogP contribution in [0.15, 0.2) is 23.4 Å². The lowest BCUT2D eigenvalue weighted by Crippen LogP contribution is -2.08. The average molecular weight is 423 g/mol. The number of oxime groups is 1. The molecule has 0 unspecified atom stereocenters. The number of nitrogens with zero attached hydrogens (tertiary/aromatic N) is 4. The predicted octanol–water partition coefficient (Wildman–Crippen LogP) is 4.62. The molecule has 6 nitrogen and oxygen atoms in total. The Kier molecular flexibility index (Phi) is 4.91. The Labute approximate surface area is 157 Å². The number of fused-ring (bicyclic) bond motifs is 1. The topological polar surface area (TPSA) is 68.8 Å². The highest BCUT2D eigenvalue weighted by Crippen LogP contribution is 2.30. The molecule has 2 heterocycles. The number of benzene rings is 1. The van der Waals surface area contributed by atoms with Crippen molar-refractivity contribution in [3.63, 3.8) is 0 Å². The van der Waals surface area contributed by atoms with E-state index in [-0.39, 0.29) is 15.5 Å². The molecule has 0 bridgehead atoms. The van der Waals surface area contributed by atoms with Crippen molar-refractivity contribution in [1.29, 1.82) is 0 Å². The van der Waals surface area contributed by atoms with E-state index in [4.69, 9.17) is 28.0 Å². The summed E-state index contributed by atoms with van der Waals surface area (Å²) in [6.45, 7) is 1.43. The van der Waals surface area contributed by atoms with Crippen LogP contribution in [-0.4, -0.2) is 26.8 Å². The van der Waals surface area contributed by atoms with E-state index in [0.29, 0.717) is 15.6 Å². The fourth-order valence-corrected chi connectivity index (χ4v) is 3.32. The van der Waals surface area contributed by atoms with Gasteiger partial charge in [-0.2, -0.15) is 18.2 Å². The maximum absolute atomic E-state index is 12.6. The molecule has 0 N–H and O–H groups in total. The molecule has 136 valence electrons. The van der Waals surface area contributed by atoms with Gasteiger partial charge in [-0.15, -0.1) is 5.10 Å². The van der Waals surface area contributed by atoms with Gasteiger partial charge in [-0.3, -0.25) is 0 Å². The van der Waals surface area contributed by atoms with Gasteiger partial charge in [0.1, 0.15) is 4.88 Å². The molecule has 0 saturated carbocycles. The van der Waals surface area contributed by atoms with Crippen molar-refractivity contribution in [3.05, 3.63) is 50.2 Å². The monoisotopic (exact) mass is 422 g/mol. The summed E-state index contributed by atoms with van der Waals surface area (Å²) in [5.74, 6) is -2.13. The summed E-state index contributed by atoms with van der Waals surface area (Å²) < 4.78 is 38.8. The Hall–Kier alpha value is -2.17. The highest BCUT2D eigenvalue weighted by molar-refractivity contribution is 7.18. The standard InChI is InChI=1S/C14H7Cl2F3N4O2S/c1-6-10(26-13-21-12(14(17,18)19)22-23(6)13)11(24)25-20-5-7-2-3-8(15)4-9(7)16/h2-5H,1H3. The maximum atomic E-state index is 12.6. The van der Waals surface area contributed by atoms with E-state index >= 15 is 0 Å². The summed E-state index contributed by atoms with van der Waals surface area (Å²) in [7, 11) is 0. The van der Waals surface area contributed by atoms with E-state index in [1.54, 1.807) is 12.1 Å². The first-order valence-corrected chi connectivity index (χ1v) is 8.37. The molecule has 0 saturated heterocycles. The number of carbonyl (C=O) groups is 1. The lowest BCUT2D eigenvalue weighted by Gasteiger charge is -1.99. The number of rotatable bonds is 3. The van der Waals surface area contributed by atoms with Gasteiger partial charge in [-0.1, -0.05) is 45.8 Å². The molecule has 3 rings (SSSR count). The van der Waals surface area contributed by atoms with Crippen molar-refractivity contribution in [2.45, 2.75) is 13.1 Å². The highest BCUT2D eigenvalue weighted by Gasteiger charge is 2.37. The van der Waals surface area contributed by atoms with Gasteiger partial charge in [0.15, 0.2) is 0 Å². The lowest BCUT2D eigenvalue weighted by atomic mass is 10.2. The largest absolute Gasteiger partial charge is 0.453 e. The number of aryl methyl sites for hydroxylation is 1. The van der Waals surface area contributed by atoms with E-state index in [2.05, 4.69) is 15.2 Å². The van der Waals surface area contributed by atoms with Crippen LogP contribution in [0.4, 0.5) is 13.2 Å². The lowest BCUT2D eigenvalue weighted by molar-refractivity contribution is -0.144. The van der Waals surface area contributed by atoms with Crippen molar-refractivity contribution < 1.29 is 22.8 Å². The number of thiazole rings is 1. The molecule has 0 aliphatic rings. The molecule has 12 heteroatoms. The number of hydrogen-bond donors (Lipinski definition) is 0. The van der Waals surface area contributed by atoms with Crippen molar-refractivity contribution in [1.82, 2.24) is 14.6 Å². The van der Waals surface area contributed by atoms with Gasteiger partial charge in [0.05, 0.1) is 16.9 Å². The smallest absolute Gasteiger partial charge is 0.312 e. The SMILES string of the molecule is Cc1c(C(=O)ON=Cc2ccc(Cl)cc2Cl)sc2nc(C(F)(F)F)nn12. The second kappa shape index (κ2) is 6.86. The van der Waals surface area contributed by atoms with Crippen LogP contribution in [-0.2, 0) is 11.0 Å². The van der Waals surface area contributed by atoms with Crippen LogP contribution >= 0.6 is 34.5 Å². The van der Waals surface area contributed by atoms with Crippen molar-refractivity contribution >= 4 is 51.7 Å². The van der Waals surface area contributed by atoms with Gasteiger partial charge in [0.25, 0.3) is 5.82 Å². The van der Waals surface area contributed by atoms with Crippen LogP contribution in [0, 0.1) is 6.92 Å². The summed E-state index contributed by atoms with van der Waals surface area (Å²) >= 11 is 12.4. The molecular weight excluding hydrogens is 416 g/mol. The molecule has 0 fully saturated rings. The van der Waals surface area contributed by atoms with Crippen molar-refractivity contribution in [2.24, 2.45) is 5.16 Å². The average Bonchev–Trinajstić information content (AvgIpc) is 3.09. The summed E-state index contributed by atoms with van der Waals surface area (Å²) in [6, 6.07) is 4.66. The zero-order valence-electron chi connectivity index (χ0n) is 12.7. The molecular formula is C14H7Cl2F3N4O2S.